The molecule has 2 N–H and O–H groups in total. The number of hydrogen-bond donors (Lipinski definition) is 2. The van der Waals surface area contributed by atoms with Crippen LogP contribution in [-0.2, 0) is 9.59 Å². The molecule has 1 aliphatic rings. The second-order valence-electron chi connectivity index (χ2n) is 4.95. The maximum absolute atomic E-state index is 13.1. The molecule has 1 fully saturated rings. The van der Waals surface area contributed by atoms with Crippen LogP contribution in [0.15, 0.2) is 24.3 Å². The third-order valence-corrected chi connectivity index (χ3v) is 3.30. The average Bonchev–Trinajstić information content (AvgIpc) is 2.80. The fourth-order valence-electron chi connectivity index (χ4n) is 2.32. The van der Waals surface area contributed by atoms with Gasteiger partial charge in [0, 0.05) is 19.0 Å². The number of carboxylic acid groups (broad SMARTS) is 1. The van der Waals surface area contributed by atoms with Crippen molar-refractivity contribution in [3.63, 3.8) is 0 Å². The zero-order valence-electron chi connectivity index (χ0n) is 11.4. The van der Waals surface area contributed by atoms with E-state index in [1.54, 1.807) is 0 Å². The average molecular weight is 297 g/mol. The summed E-state index contributed by atoms with van der Waals surface area (Å²) in [6.45, 7) is 1.41. The summed E-state index contributed by atoms with van der Waals surface area (Å²) in [6, 6.07) is 4.27. The minimum atomic E-state index is -1.17. The Morgan fingerprint density at radius 2 is 2.19 bits per heavy atom. The highest BCUT2D eigenvalue weighted by atomic mass is 19.1. The first-order valence-electron chi connectivity index (χ1n) is 6.52. The van der Waals surface area contributed by atoms with Gasteiger partial charge >= 0.3 is 5.97 Å². The van der Waals surface area contributed by atoms with E-state index < -0.39 is 35.9 Å². The molecule has 114 valence electrons. The van der Waals surface area contributed by atoms with Crippen LogP contribution in [0.3, 0.4) is 0 Å². The molecule has 1 aromatic carbocycles. The number of halogens is 1. The fraction of sp³-hybridized carbons (Fsp3) is 0.429. The standard InChI is InChI=1S/C14H16FNO5/c1-8(21-11-4-2-3-9(15)5-11)13(18)16-7-10(17)6-12(16)14(19)20/h2-5,8,10,12,17H,6-7H2,1H3,(H,19,20)/t8?,10?,12-/m0/s1. The lowest BCUT2D eigenvalue weighted by molar-refractivity contribution is -0.150. The van der Waals surface area contributed by atoms with Crippen molar-refractivity contribution in [3.05, 3.63) is 30.1 Å². The Morgan fingerprint density at radius 3 is 2.81 bits per heavy atom. The van der Waals surface area contributed by atoms with Crippen molar-refractivity contribution in [3.8, 4) is 5.75 Å². The van der Waals surface area contributed by atoms with Crippen molar-refractivity contribution < 1.29 is 28.9 Å². The molecule has 3 atom stereocenters. The molecule has 0 aliphatic carbocycles. The molecule has 1 aromatic rings. The van der Waals surface area contributed by atoms with Gasteiger partial charge in [-0.2, -0.15) is 0 Å². The van der Waals surface area contributed by atoms with Gasteiger partial charge in [-0.05, 0) is 19.1 Å². The molecule has 1 heterocycles. The zero-order chi connectivity index (χ0) is 15.6. The summed E-state index contributed by atoms with van der Waals surface area (Å²) in [4.78, 5) is 24.4. The van der Waals surface area contributed by atoms with Crippen LogP contribution in [0.1, 0.15) is 13.3 Å². The van der Waals surface area contributed by atoms with Crippen LogP contribution >= 0.6 is 0 Å². The van der Waals surface area contributed by atoms with Crippen molar-refractivity contribution in [2.75, 3.05) is 6.54 Å². The number of carbonyl (C=O) groups excluding carboxylic acids is 1. The Morgan fingerprint density at radius 1 is 1.48 bits per heavy atom. The third-order valence-electron chi connectivity index (χ3n) is 3.30. The highest BCUT2D eigenvalue weighted by Gasteiger charge is 2.40. The first-order valence-corrected chi connectivity index (χ1v) is 6.52. The first kappa shape index (κ1) is 15.2. The summed E-state index contributed by atoms with van der Waals surface area (Å²) in [5.41, 5.74) is 0. The predicted octanol–water partition coefficient (Wildman–Crippen LogP) is 0.639. The van der Waals surface area contributed by atoms with Crippen molar-refractivity contribution in [2.24, 2.45) is 0 Å². The number of likely N-dealkylation sites (tertiary alicyclic amines) is 1. The molecule has 6 nitrogen and oxygen atoms in total. The summed E-state index contributed by atoms with van der Waals surface area (Å²) in [7, 11) is 0. The Bertz CT molecular complexity index is 550. The Balaban J connectivity index is 2.06. The first-order chi connectivity index (χ1) is 9.88. The second kappa shape index (κ2) is 6.09. The van der Waals surface area contributed by atoms with E-state index in [1.165, 1.54) is 25.1 Å². The molecule has 21 heavy (non-hydrogen) atoms. The van der Waals surface area contributed by atoms with Crippen LogP contribution in [0, 0.1) is 5.82 Å². The van der Waals surface area contributed by atoms with Gasteiger partial charge in [-0.3, -0.25) is 4.79 Å². The van der Waals surface area contributed by atoms with Gasteiger partial charge in [-0.25, -0.2) is 9.18 Å². The molecule has 0 spiro atoms. The lowest BCUT2D eigenvalue weighted by atomic mass is 10.2. The monoisotopic (exact) mass is 297 g/mol. The van der Waals surface area contributed by atoms with E-state index in [1.807, 2.05) is 0 Å². The van der Waals surface area contributed by atoms with Crippen LogP contribution < -0.4 is 4.74 Å². The van der Waals surface area contributed by atoms with Gasteiger partial charge < -0.3 is 19.8 Å². The molecular formula is C14H16FNO5. The maximum Gasteiger partial charge on any atom is 0.326 e. The van der Waals surface area contributed by atoms with Crippen molar-refractivity contribution in [1.29, 1.82) is 0 Å². The second-order valence-corrected chi connectivity index (χ2v) is 4.95. The lowest BCUT2D eigenvalue weighted by Crippen LogP contribution is -2.46. The Labute approximate surface area is 120 Å². The number of β-amino-alcohol motifs (C(OH)–C–C–N with tert-alkyl or cyclic N) is 1. The molecule has 1 saturated heterocycles. The van der Waals surface area contributed by atoms with E-state index in [9.17, 15) is 19.1 Å². The van der Waals surface area contributed by atoms with Gasteiger partial charge in [-0.1, -0.05) is 6.07 Å². The number of amides is 1. The molecule has 0 saturated carbocycles. The normalized spacial score (nSPS) is 22.9. The molecule has 0 bridgehead atoms. The predicted molar refractivity (Wildman–Crippen MR) is 70.3 cm³/mol. The number of nitrogens with zero attached hydrogens (tertiary/aromatic N) is 1. The summed E-state index contributed by atoms with van der Waals surface area (Å²) in [6.07, 6.45) is -1.84. The summed E-state index contributed by atoms with van der Waals surface area (Å²) in [5, 5.41) is 18.6. The molecule has 1 aliphatic heterocycles. The van der Waals surface area contributed by atoms with Crippen LogP contribution in [0.4, 0.5) is 4.39 Å². The summed E-state index contributed by atoms with van der Waals surface area (Å²) in [5.74, 6) is -2.03. The van der Waals surface area contributed by atoms with Gasteiger partial charge in [0.05, 0.1) is 6.10 Å². The molecule has 0 aromatic heterocycles. The number of carboxylic acids is 1. The van der Waals surface area contributed by atoms with Crippen LogP contribution in [0.2, 0.25) is 0 Å². The number of hydrogen-bond acceptors (Lipinski definition) is 4. The number of aliphatic hydroxyl groups is 1. The van der Waals surface area contributed by atoms with E-state index in [-0.39, 0.29) is 18.7 Å². The number of rotatable bonds is 4. The van der Waals surface area contributed by atoms with E-state index in [4.69, 9.17) is 9.84 Å². The number of ether oxygens (including phenoxy) is 1. The minimum Gasteiger partial charge on any atom is -0.481 e. The lowest BCUT2D eigenvalue weighted by Gasteiger charge is -2.25. The third kappa shape index (κ3) is 3.49. The Kier molecular flexibility index (Phi) is 4.42. The van der Waals surface area contributed by atoms with E-state index >= 15 is 0 Å². The number of benzene rings is 1. The summed E-state index contributed by atoms with van der Waals surface area (Å²) < 4.78 is 18.4. The molecule has 0 radical (unpaired) electrons. The number of carbonyl (C=O) groups is 2. The highest BCUT2D eigenvalue weighted by Crippen LogP contribution is 2.21. The van der Waals surface area contributed by atoms with Gasteiger partial charge in [0.2, 0.25) is 0 Å². The smallest absolute Gasteiger partial charge is 0.326 e. The fourth-order valence-corrected chi connectivity index (χ4v) is 2.32. The van der Waals surface area contributed by atoms with Crippen molar-refractivity contribution >= 4 is 11.9 Å². The topological polar surface area (TPSA) is 87.1 Å². The molecule has 2 unspecified atom stereocenters. The van der Waals surface area contributed by atoms with Gasteiger partial charge in [0.25, 0.3) is 5.91 Å². The minimum absolute atomic E-state index is 0.00619. The quantitative estimate of drug-likeness (QED) is 0.851. The largest absolute Gasteiger partial charge is 0.481 e. The zero-order valence-corrected chi connectivity index (χ0v) is 11.4. The number of aliphatic hydroxyl groups excluding tert-OH is 1. The van der Waals surface area contributed by atoms with Crippen LogP contribution in [-0.4, -0.2) is 51.8 Å². The molecule has 2 rings (SSSR count). The highest BCUT2D eigenvalue weighted by molar-refractivity contribution is 5.87. The van der Waals surface area contributed by atoms with Crippen LogP contribution in [0.25, 0.3) is 0 Å². The number of aliphatic carboxylic acids is 1. The van der Waals surface area contributed by atoms with E-state index in [0.29, 0.717) is 0 Å². The Hall–Kier alpha value is -2.15. The molecule has 1 amide bonds. The van der Waals surface area contributed by atoms with Crippen LogP contribution in [0.5, 0.6) is 5.75 Å². The maximum atomic E-state index is 13.1. The van der Waals surface area contributed by atoms with Crippen molar-refractivity contribution in [2.45, 2.75) is 31.6 Å². The van der Waals surface area contributed by atoms with Gasteiger partial charge in [0.15, 0.2) is 6.10 Å². The summed E-state index contributed by atoms with van der Waals surface area (Å²) >= 11 is 0. The van der Waals surface area contributed by atoms with E-state index in [2.05, 4.69) is 0 Å². The van der Waals surface area contributed by atoms with Gasteiger partial charge in [-0.15, -0.1) is 0 Å². The van der Waals surface area contributed by atoms with E-state index in [0.717, 1.165) is 11.0 Å². The molecule has 7 heteroatoms. The molecular weight excluding hydrogens is 281 g/mol. The van der Waals surface area contributed by atoms with Gasteiger partial charge in [0.1, 0.15) is 17.6 Å². The van der Waals surface area contributed by atoms with Crippen molar-refractivity contribution in [1.82, 2.24) is 4.90 Å². The SMILES string of the molecule is CC(Oc1cccc(F)c1)C(=O)N1CC(O)C[C@H]1C(=O)O.